The zero-order valence-electron chi connectivity index (χ0n) is 7.13. The number of alkyl halides is 1. The molecule has 1 fully saturated rings. The van der Waals surface area contributed by atoms with Crippen LogP contribution in [-0.4, -0.2) is 22.3 Å². The van der Waals surface area contributed by atoms with Crippen LogP contribution in [0.5, 0.6) is 0 Å². The number of hydrogen-bond donors (Lipinski definition) is 0. The van der Waals surface area contributed by atoms with Gasteiger partial charge in [0, 0.05) is 18.6 Å². The third-order valence-corrected chi connectivity index (χ3v) is 2.61. The van der Waals surface area contributed by atoms with Crippen molar-refractivity contribution in [2.75, 3.05) is 12.4 Å². The van der Waals surface area contributed by atoms with Crippen LogP contribution in [0.4, 0.5) is 0 Å². The van der Waals surface area contributed by atoms with Gasteiger partial charge in [-0.1, -0.05) is 18.3 Å². The first-order chi connectivity index (χ1) is 5.84. The Labute approximate surface area is 84.4 Å². The van der Waals surface area contributed by atoms with E-state index in [1.165, 1.54) is 6.42 Å². The first-order valence-electron chi connectivity index (χ1n) is 4.36. The first kappa shape index (κ1) is 10.0. The van der Waals surface area contributed by atoms with Crippen LogP contribution >= 0.6 is 23.8 Å². The maximum absolute atomic E-state index is 5.55. The molecule has 0 aliphatic carbocycles. The molecule has 0 N–H and O–H groups in total. The molecule has 0 aromatic carbocycles. The monoisotopic (exact) mass is 203 g/mol. The number of likely N-dealkylation sites (tertiary alicyclic amines) is 1. The van der Waals surface area contributed by atoms with Gasteiger partial charge in [0.05, 0.1) is 4.99 Å². The Bertz CT molecular complexity index is 179. The standard InChI is InChI=1S/C9H14ClNS/c10-6-2-1-3-7-11-8-4-5-9(11)12/h3,7H,1-2,4-6,8H2/b7-3+. The second kappa shape index (κ2) is 5.55. The summed E-state index contributed by atoms with van der Waals surface area (Å²) in [7, 11) is 0. The van der Waals surface area contributed by atoms with Gasteiger partial charge in [0.15, 0.2) is 0 Å². The number of hydrogen-bond acceptors (Lipinski definition) is 1. The van der Waals surface area contributed by atoms with E-state index in [1.807, 2.05) is 0 Å². The molecule has 12 heavy (non-hydrogen) atoms. The van der Waals surface area contributed by atoms with Crippen molar-refractivity contribution in [2.45, 2.75) is 25.7 Å². The van der Waals surface area contributed by atoms with Crippen molar-refractivity contribution in [3.05, 3.63) is 12.3 Å². The summed E-state index contributed by atoms with van der Waals surface area (Å²) >= 11 is 10.7. The smallest absolute Gasteiger partial charge is 0.0819 e. The van der Waals surface area contributed by atoms with Crippen LogP contribution in [0.15, 0.2) is 12.3 Å². The number of halogens is 1. The van der Waals surface area contributed by atoms with Gasteiger partial charge in [-0.2, -0.15) is 0 Å². The van der Waals surface area contributed by atoms with E-state index in [4.69, 9.17) is 23.8 Å². The summed E-state index contributed by atoms with van der Waals surface area (Å²) in [5.74, 6) is 0.745. The van der Waals surface area contributed by atoms with E-state index >= 15 is 0 Å². The quantitative estimate of drug-likeness (QED) is 0.393. The van der Waals surface area contributed by atoms with E-state index in [2.05, 4.69) is 17.2 Å². The van der Waals surface area contributed by atoms with Crippen LogP contribution in [-0.2, 0) is 0 Å². The van der Waals surface area contributed by atoms with E-state index in [-0.39, 0.29) is 0 Å². The summed E-state index contributed by atoms with van der Waals surface area (Å²) in [5, 5.41) is 0. The predicted molar refractivity (Wildman–Crippen MR) is 57.6 cm³/mol. The molecule has 0 aromatic rings. The van der Waals surface area contributed by atoms with Crippen LogP contribution in [0.3, 0.4) is 0 Å². The fourth-order valence-electron chi connectivity index (χ4n) is 1.22. The number of unbranched alkanes of at least 4 members (excludes halogenated alkanes) is 1. The average molecular weight is 204 g/mol. The first-order valence-corrected chi connectivity index (χ1v) is 5.31. The molecule has 1 rings (SSSR count). The minimum atomic E-state index is 0.745. The maximum Gasteiger partial charge on any atom is 0.0819 e. The van der Waals surface area contributed by atoms with Crippen LogP contribution in [0.25, 0.3) is 0 Å². The van der Waals surface area contributed by atoms with Gasteiger partial charge >= 0.3 is 0 Å². The van der Waals surface area contributed by atoms with E-state index in [9.17, 15) is 0 Å². The lowest BCUT2D eigenvalue weighted by molar-refractivity contribution is 0.607. The van der Waals surface area contributed by atoms with Gasteiger partial charge in [-0.25, -0.2) is 0 Å². The zero-order chi connectivity index (χ0) is 8.81. The molecule has 0 aromatic heterocycles. The molecule has 0 amide bonds. The number of rotatable bonds is 4. The molecule has 1 aliphatic rings. The Morgan fingerprint density at radius 1 is 1.58 bits per heavy atom. The number of nitrogens with zero attached hydrogens (tertiary/aromatic N) is 1. The molecule has 0 saturated carbocycles. The molecule has 1 saturated heterocycles. The van der Waals surface area contributed by atoms with Crippen molar-refractivity contribution < 1.29 is 0 Å². The van der Waals surface area contributed by atoms with Crippen molar-refractivity contribution in [1.29, 1.82) is 0 Å². The molecule has 68 valence electrons. The molecular weight excluding hydrogens is 190 g/mol. The number of allylic oxidation sites excluding steroid dienone is 1. The second-order valence-electron chi connectivity index (χ2n) is 2.91. The van der Waals surface area contributed by atoms with E-state index in [1.54, 1.807) is 0 Å². The molecule has 0 radical (unpaired) electrons. The summed E-state index contributed by atoms with van der Waals surface area (Å²) in [6.45, 7) is 1.09. The molecule has 0 atom stereocenters. The highest BCUT2D eigenvalue weighted by Gasteiger charge is 2.12. The zero-order valence-corrected chi connectivity index (χ0v) is 8.70. The fraction of sp³-hybridized carbons (Fsp3) is 0.667. The molecule has 0 unspecified atom stereocenters. The highest BCUT2D eigenvalue weighted by atomic mass is 35.5. The Hall–Kier alpha value is -0.0800. The van der Waals surface area contributed by atoms with E-state index in [0.29, 0.717) is 0 Å². The lowest BCUT2D eigenvalue weighted by atomic mass is 10.3. The van der Waals surface area contributed by atoms with Crippen LogP contribution < -0.4 is 0 Å². The fourth-order valence-corrected chi connectivity index (χ4v) is 1.67. The maximum atomic E-state index is 5.55. The van der Waals surface area contributed by atoms with Gasteiger partial charge in [0.25, 0.3) is 0 Å². The predicted octanol–water partition coefficient (Wildman–Crippen LogP) is 2.94. The summed E-state index contributed by atoms with van der Waals surface area (Å²) in [6.07, 6.45) is 8.65. The van der Waals surface area contributed by atoms with Gasteiger partial charge < -0.3 is 4.90 Å². The van der Waals surface area contributed by atoms with Gasteiger partial charge in [-0.15, -0.1) is 11.6 Å². The minimum absolute atomic E-state index is 0.745. The summed E-state index contributed by atoms with van der Waals surface area (Å²) in [5.41, 5.74) is 0. The second-order valence-corrected chi connectivity index (χ2v) is 3.76. The van der Waals surface area contributed by atoms with E-state index < -0.39 is 0 Å². The van der Waals surface area contributed by atoms with E-state index in [0.717, 1.165) is 36.7 Å². The van der Waals surface area contributed by atoms with Gasteiger partial charge in [-0.3, -0.25) is 0 Å². The third-order valence-electron chi connectivity index (χ3n) is 1.90. The molecule has 1 heterocycles. The highest BCUT2D eigenvalue weighted by molar-refractivity contribution is 7.80. The molecule has 0 spiro atoms. The lowest BCUT2D eigenvalue weighted by Crippen LogP contribution is -2.15. The molecular formula is C9H14ClNS. The summed E-state index contributed by atoms with van der Waals surface area (Å²) in [6, 6.07) is 0. The number of thiocarbonyl (C=S) groups is 1. The van der Waals surface area contributed by atoms with Crippen molar-refractivity contribution in [2.24, 2.45) is 0 Å². The molecule has 0 bridgehead atoms. The van der Waals surface area contributed by atoms with Gasteiger partial charge in [0.2, 0.25) is 0 Å². The Kier molecular flexibility index (Phi) is 4.62. The average Bonchev–Trinajstić information content (AvgIpc) is 2.46. The van der Waals surface area contributed by atoms with Gasteiger partial charge in [0.1, 0.15) is 0 Å². The molecule has 1 aliphatic heterocycles. The third kappa shape index (κ3) is 3.11. The van der Waals surface area contributed by atoms with Crippen molar-refractivity contribution in [1.82, 2.24) is 4.90 Å². The van der Waals surface area contributed by atoms with Crippen molar-refractivity contribution in [3.8, 4) is 0 Å². The van der Waals surface area contributed by atoms with Gasteiger partial charge in [-0.05, 0) is 25.7 Å². The highest BCUT2D eigenvalue weighted by Crippen LogP contribution is 2.11. The topological polar surface area (TPSA) is 3.24 Å². The largest absolute Gasteiger partial charge is 0.343 e. The van der Waals surface area contributed by atoms with Crippen LogP contribution in [0, 0.1) is 0 Å². The Morgan fingerprint density at radius 3 is 3.00 bits per heavy atom. The lowest BCUT2D eigenvalue weighted by Gasteiger charge is -2.10. The molecule has 1 nitrogen and oxygen atoms in total. The Balaban J connectivity index is 2.20. The van der Waals surface area contributed by atoms with Crippen molar-refractivity contribution in [3.63, 3.8) is 0 Å². The normalized spacial score (nSPS) is 18.1. The van der Waals surface area contributed by atoms with Crippen molar-refractivity contribution >= 4 is 28.8 Å². The minimum Gasteiger partial charge on any atom is -0.343 e. The molecule has 3 heteroatoms. The summed E-state index contributed by atoms with van der Waals surface area (Å²) in [4.78, 5) is 3.24. The Morgan fingerprint density at radius 2 is 2.42 bits per heavy atom. The SMILES string of the molecule is S=C1CCCN1/C=C/CCCCl. The summed E-state index contributed by atoms with van der Waals surface area (Å²) < 4.78 is 0. The van der Waals surface area contributed by atoms with Crippen LogP contribution in [0.2, 0.25) is 0 Å². The van der Waals surface area contributed by atoms with Crippen LogP contribution in [0.1, 0.15) is 25.7 Å².